The van der Waals surface area contributed by atoms with E-state index in [0.717, 1.165) is 34.5 Å². The van der Waals surface area contributed by atoms with Crippen LogP contribution in [0, 0.1) is 11.6 Å². The summed E-state index contributed by atoms with van der Waals surface area (Å²) in [7, 11) is 0. The van der Waals surface area contributed by atoms with Gasteiger partial charge in [-0.1, -0.05) is 24.3 Å². The number of hydrogen-bond acceptors (Lipinski definition) is 1. The number of nitrogens with zero attached hydrogens (tertiary/aromatic N) is 1. The molecule has 5 aromatic rings. The molecule has 0 fully saturated rings. The molecule has 0 N–H and O–H groups in total. The average molecular weight is 409 g/mol. The third-order valence-electron chi connectivity index (χ3n) is 5.24. The summed E-state index contributed by atoms with van der Waals surface area (Å²) in [5, 5.41) is 4.03. The Hall–Kier alpha value is -3.54. The average Bonchev–Trinajstić information content (AvgIpc) is 2.73. The fraction of sp³-hybridized carbons (Fsp3) is 0.0417. The van der Waals surface area contributed by atoms with Crippen LogP contribution in [0.25, 0.3) is 43.6 Å². The van der Waals surface area contributed by atoms with Crippen LogP contribution < -0.4 is 0 Å². The first kappa shape index (κ1) is 18.5. The second-order valence-electron chi connectivity index (χ2n) is 7.07. The third-order valence-corrected chi connectivity index (χ3v) is 5.24. The van der Waals surface area contributed by atoms with Gasteiger partial charge in [-0.2, -0.15) is 13.2 Å². The first-order chi connectivity index (χ1) is 14.3. The van der Waals surface area contributed by atoms with E-state index in [2.05, 4.69) is 4.98 Å². The highest BCUT2D eigenvalue weighted by molar-refractivity contribution is 6.25. The molecule has 148 valence electrons. The maximum atomic E-state index is 14.0. The van der Waals surface area contributed by atoms with E-state index in [0.29, 0.717) is 21.7 Å². The summed E-state index contributed by atoms with van der Waals surface area (Å²) < 4.78 is 67.1. The zero-order valence-electron chi connectivity index (χ0n) is 15.3. The molecule has 0 unspecified atom stereocenters. The summed E-state index contributed by atoms with van der Waals surface area (Å²) in [5.74, 6) is -0.889. The van der Waals surface area contributed by atoms with Gasteiger partial charge in [-0.25, -0.2) is 8.78 Å². The highest BCUT2D eigenvalue weighted by Gasteiger charge is 2.30. The van der Waals surface area contributed by atoms with Crippen molar-refractivity contribution in [1.29, 1.82) is 0 Å². The molecule has 0 aliphatic carbocycles. The fourth-order valence-electron chi connectivity index (χ4n) is 3.87. The van der Waals surface area contributed by atoms with Gasteiger partial charge >= 0.3 is 6.18 Å². The van der Waals surface area contributed by atoms with Gasteiger partial charge < -0.3 is 0 Å². The minimum atomic E-state index is -4.47. The van der Waals surface area contributed by atoms with Gasteiger partial charge in [0.1, 0.15) is 11.6 Å². The van der Waals surface area contributed by atoms with Crippen molar-refractivity contribution in [3.05, 3.63) is 90.1 Å². The largest absolute Gasteiger partial charge is 0.416 e. The van der Waals surface area contributed by atoms with Crippen molar-refractivity contribution in [2.45, 2.75) is 6.18 Å². The van der Waals surface area contributed by atoms with Crippen LogP contribution in [0.3, 0.4) is 0 Å². The Kier molecular flexibility index (Phi) is 4.00. The Bertz CT molecular complexity index is 1450. The summed E-state index contributed by atoms with van der Waals surface area (Å²) in [5.41, 5.74) is -0.101. The molecular weight excluding hydrogens is 397 g/mol. The Morgan fingerprint density at radius 3 is 1.70 bits per heavy atom. The van der Waals surface area contributed by atoms with Crippen LogP contribution >= 0.6 is 0 Å². The van der Waals surface area contributed by atoms with Gasteiger partial charge in [-0.15, -0.1) is 0 Å². The molecule has 5 rings (SSSR count). The maximum absolute atomic E-state index is 14.0. The van der Waals surface area contributed by atoms with Gasteiger partial charge in [-0.05, 0) is 74.8 Å². The van der Waals surface area contributed by atoms with Crippen LogP contribution in [0.15, 0.2) is 72.9 Å². The Morgan fingerprint density at radius 1 is 0.567 bits per heavy atom. The van der Waals surface area contributed by atoms with Crippen molar-refractivity contribution in [3.63, 3.8) is 0 Å². The van der Waals surface area contributed by atoms with Crippen molar-refractivity contribution in [2.24, 2.45) is 0 Å². The monoisotopic (exact) mass is 409 g/mol. The van der Waals surface area contributed by atoms with Crippen LogP contribution in [0.1, 0.15) is 5.56 Å². The molecule has 0 radical (unpaired) electrons. The third kappa shape index (κ3) is 2.96. The molecular formula is C24H12F5N. The smallest absolute Gasteiger partial charge is 0.256 e. The van der Waals surface area contributed by atoms with E-state index in [-0.39, 0.29) is 5.69 Å². The van der Waals surface area contributed by atoms with E-state index in [1.807, 2.05) is 0 Å². The van der Waals surface area contributed by atoms with Gasteiger partial charge in [0.2, 0.25) is 0 Å². The first-order valence-electron chi connectivity index (χ1n) is 9.09. The van der Waals surface area contributed by atoms with Crippen LogP contribution in [-0.2, 0) is 6.18 Å². The second-order valence-corrected chi connectivity index (χ2v) is 7.07. The molecule has 0 atom stereocenters. The number of rotatable bonds is 1. The molecule has 0 bridgehead atoms. The maximum Gasteiger partial charge on any atom is 0.416 e. The summed E-state index contributed by atoms with van der Waals surface area (Å²) in [6.07, 6.45) is -3.35. The summed E-state index contributed by atoms with van der Waals surface area (Å²) in [4.78, 5) is 4.09. The number of pyridine rings is 1. The van der Waals surface area contributed by atoms with Gasteiger partial charge in [0.15, 0.2) is 0 Å². The minimum absolute atomic E-state index is 0.182. The highest BCUT2D eigenvalue weighted by atomic mass is 19.4. The molecule has 0 saturated carbocycles. The van der Waals surface area contributed by atoms with Gasteiger partial charge in [0, 0.05) is 11.8 Å². The molecule has 0 aliphatic heterocycles. The lowest BCUT2D eigenvalue weighted by Gasteiger charge is -2.13. The lowest BCUT2D eigenvalue weighted by Crippen LogP contribution is -2.05. The predicted octanol–water partition coefficient (Wildman–Crippen LogP) is 7.51. The van der Waals surface area contributed by atoms with E-state index in [1.165, 1.54) is 24.3 Å². The summed E-state index contributed by atoms with van der Waals surface area (Å²) in [6.45, 7) is 0. The number of benzene rings is 4. The molecule has 0 saturated heterocycles. The molecule has 1 nitrogen and oxygen atoms in total. The van der Waals surface area contributed by atoms with Gasteiger partial charge in [0.05, 0.1) is 11.3 Å². The van der Waals surface area contributed by atoms with Crippen molar-refractivity contribution >= 4 is 32.3 Å². The van der Waals surface area contributed by atoms with E-state index < -0.39 is 23.4 Å². The first-order valence-corrected chi connectivity index (χ1v) is 9.09. The normalized spacial score (nSPS) is 12.2. The van der Waals surface area contributed by atoms with Crippen molar-refractivity contribution < 1.29 is 22.0 Å². The molecule has 6 heteroatoms. The summed E-state index contributed by atoms with van der Waals surface area (Å²) >= 11 is 0. The number of halogens is 5. The minimum Gasteiger partial charge on any atom is -0.256 e. The van der Waals surface area contributed by atoms with Crippen molar-refractivity contribution in [1.82, 2.24) is 4.98 Å². The fourth-order valence-corrected chi connectivity index (χ4v) is 3.87. The van der Waals surface area contributed by atoms with Gasteiger partial charge in [0.25, 0.3) is 0 Å². The van der Waals surface area contributed by atoms with Crippen LogP contribution in [0.2, 0.25) is 0 Å². The number of aromatic nitrogens is 1. The van der Waals surface area contributed by atoms with Crippen LogP contribution in [0.4, 0.5) is 22.0 Å². The van der Waals surface area contributed by atoms with Gasteiger partial charge in [-0.3, -0.25) is 4.98 Å². The molecule has 0 amide bonds. The SMILES string of the molecule is Fc1ccc2c3ccc(-c4cc(C(F)(F)F)ccn4)cc3c3ccc(F)cc3c2c1. The zero-order valence-corrected chi connectivity index (χ0v) is 15.3. The van der Waals surface area contributed by atoms with Crippen LogP contribution in [0.5, 0.6) is 0 Å². The van der Waals surface area contributed by atoms with Crippen molar-refractivity contribution in [2.75, 3.05) is 0 Å². The van der Waals surface area contributed by atoms with E-state index in [9.17, 15) is 22.0 Å². The molecule has 4 aromatic carbocycles. The topological polar surface area (TPSA) is 12.9 Å². The Balaban J connectivity index is 1.85. The highest BCUT2D eigenvalue weighted by Crippen LogP contribution is 2.38. The van der Waals surface area contributed by atoms with E-state index in [1.54, 1.807) is 30.3 Å². The molecule has 1 heterocycles. The van der Waals surface area contributed by atoms with E-state index in [4.69, 9.17) is 0 Å². The van der Waals surface area contributed by atoms with Crippen LogP contribution in [-0.4, -0.2) is 4.98 Å². The lowest BCUT2D eigenvalue weighted by molar-refractivity contribution is -0.137. The number of fused-ring (bicyclic) bond motifs is 6. The Morgan fingerprint density at radius 2 is 1.10 bits per heavy atom. The second kappa shape index (κ2) is 6.49. The molecule has 1 aromatic heterocycles. The standard InChI is InChI=1S/C24H12F5N/c25-15-2-5-18-17-4-1-13(23-10-14(7-8-30-23)24(27,28)29)9-20(17)19-6-3-16(26)12-22(19)21(18)11-15/h1-12H. The number of hydrogen-bond donors (Lipinski definition) is 0. The molecule has 30 heavy (non-hydrogen) atoms. The predicted molar refractivity (Wildman–Crippen MR) is 107 cm³/mol. The Labute approximate surface area is 167 Å². The lowest BCUT2D eigenvalue weighted by atomic mass is 9.92. The van der Waals surface area contributed by atoms with E-state index >= 15 is 0 Å². The number of alkyl halides is 3. The summed E-state index contributed by atoms with van der Waals surface area (Å²) in [6, 6.07) is 15.7. The zero-order chi connectivity index (χ0) is 21.0. The molecule has 0 spiro atoms. The quantitative estimate of drug-likeness (QED) is 0.206. The molecule has 0 aliphatic rings. The van der Waals surface area contributed by atoms with Crippen molar-refractivity contribution in [3.8, 4) is 11.3 Å².